The number of aliphatic hydroxyl groups excluding tert-OH is 1. The number of benzene rings is 1. The van der Waals surface area contributed by atoms with Crippen molar-refractivity contribution >= 4 is 11.0 Å². The highest BCUT2D eigenvalue weighted by molar-refractivity contribution is 5.77. The summed E-state index contributed by atoms with van der Waals surface area (Å²) in [5, 5.41) is 10.4. The Morgan fingerprint density at radius 3 is 3.00 bits per heavy atom. The lowest BCUT2D eigenvalue weighted by atomic mass is 10.1. The molecule has 1 atom stereocenters. The highest BCUT2D eigenvalue weighted by Gasteiger charge is 2.04. The van der Waals surface area contributed by atoms with Crippen LogP contribution in [0.2, 0.25) is 0 Å². The molecule has 3 heteroatoms. The summed E-state index contributed by atoms with van der Waals surface area (Å²) < 4.78 is 5.22. The third-order valence-electron chi connectivity index (χ3n) is 2.26. The fraction of sp³-hybridized carbons (Fsp3) is 0.273. The average molecular weight is 191 g/mol. The molecule has 0 bridgehead atoms. The van der Waals surface area contributed by atoms with Crippen LogP contribution in [0.25, 0.3) is 11.0 Å². The summed E-state index contributed by atoms with van der Waals surface area (Å²) in [6, 6.07) is 7.78. The number of rotatable bonds is 3. The molecule has 0 saturated carbocycles. The normalized spacial score (nSPS) is 13.3. The summed E-state index contributed by atoms with van der Waals surface area (Å²) in [4.78, 5) is 0. The molecule has 0 aliphatic carbocycles. The first-order valence-electron chi connectivity index (χ1n) is 4.64. The van der Waals surface area contributed by atoms with Crippen LogP contribution in [0.15, 0.2) is 34.9 Å². The van der Waals surface area contributed by atoms with Crippen molar-refractivity contribution in [3.8, 4) is 0 Å². The summed E-state index contributed by atoms with van der Waals surface area (Å²) in [6.45, 7) is 0.295. The average Bonchev–Trinajstić information content (AvgIpc) is 2.64. The molecule has 0 saturated heterocycles. The molecule has 1 aromatic heterocycles. The first kappa shape index (κ1) is 9.24. The SMILES string of the molecule is NCC(O)Cc1ccc2occc2c1. The van der Waals surface area contributed by atoms with Gasteiger partial charge in [0.15, 0.2) is 0 Å². The van der Waals surface area contributed by atoms with Gasteiger partial charge in [0.05, 0.1) is 12.4 Å². The van der Waals surface area contributed by atoms with Gasteiger partial charge in [-0.2, -0.15) is 0 Å². The Bertz CT molecular complexity index is 422. The van der Waals surface area contributed by atoms with Crippen LogP contribution in [0.1, 0.15) is 5.56 Å². The van der Waals surface area contributed by atoms with Gasteiger partial charge < -0.3 is 15.3 Å². The topological polar surface area (TPSA) is 59.4 Å². The van der Waals surface area contributed by atoms with E-state index in [0.29, 0.717) is 13.0 Å². The molecule has 0 amide bonds. The number of hydrogen-bond acceptors (Lipinski definition) is 3. The summed E-state index contributed by atoms with van der Waals surface area (Å²) in [5.74, 6) is 0. The van der Waals surface area contributed by atoms with Crippen LogP contribution in [0.5, 0.6) is 0 Å². The van der Waals surface area contributed by atoms with E-state index in [2.05, 4.69) is 0 Å². The van der Waals surface area contributed by atoms with Gasteiger partial charge in [-0.3, -0.25) is 0 Å². The lowest BCUT2D eigenvalue weighted by Crippen LogP contribution is -2.21. The minimum atomic E-state index is -0.459. The van der Waals surface area contributed by atoms with Crippen molar-refractivity contribution < 1.29 is 9.52 Å². The molecule has 3 nitrogen and oxygen atoms in total. The van der Waals surface area contributed by atoms with Crippen molar-refractivity contribution in [2.45, 2.75) is 12.5 Å². The number of aliphatic hydroxyl groups is 1. The molecule has 0 aliphatic rings. The predicted molar refractivity (Wildman–Crippen MR) is 55.0 cm³/mol. The Labute approximate surface area is 82.1 Å². The maximum Gasteiger partial charge on any atom is 0.133 e. The highest BCUT2D eigenvalue weighted by Crippen LogP contribution is 2.17. The van der Waals surface area contributed by atoms with Crippen molar-refractivity contribution in [2.24, 2.45) is 5.73 Å². The van der Waals surface area contributed by atoms with Crippen LogP contribution in [0.3, 0.4) is 0 Å². The summed E-state index contributed by atoms with van der Waals surface area (Å²) in [6.07, 6.45) is 1.80. The Morgan fingerprint density at radius 1 is 1.36 bits per heavy atom. The quantitative estimate of drug-likeness (QED) is 0.768. The smallest absolute Gasteiger partial charge is 0.133 e. The Balaban J connectivity index is 2.25. The standard InChI is InChI=1S/C11H13NO2/c12-7-10(13)6-8-1-2-11-9(5-8)3-4-14-11/h1-5,10,13H,6-7,12H2. The van der Waals surface area contributed by atoms with Gasteiger partial charge in [0.2, 0.25) is 0 Å². The molecule has 0 spiro atoms. The van der Waals surface area contributed by atoms with Gasteiger partial charge in [0.25, 0.3) is 0 Å². The third kappa shape index (κ3) is 1.78. The van der Waals surface area contributed by atoms with E-state index in [0.717, 1.165) is 16.5 Å². The van der Waals surface area contributed by atoms with Crippen LogP contribution in [0.4, 0.5) is 0 Å². The summed E-state index contributed by atoms with van der Waals surface area (Å²) in [7, 11) is 0. The van der Waals surface area contributed by atoms with Gasteiger partial charge in [-0.05, 0) is 30.2 Å². The number of fused-ring (bicyclic) bond motifs is 1. The van der Waals surface area contributed by atoms with Gasteiger partial charge in [-0.1, -0.05) is 6.07 Å². The summed E-state index contributed by atoms with van der Waals surface area (Å²) in [5.41, 5.74) is 7.30. The molecule has 1 heterocycles. The van der Waals surface area contributed by atoms with E-state index in [9.17, 15) is 5.11 Å². The zero-order valence-electron chi connectivity index (χ0n) is 7.81. The zero-order valence-corrected chi connectivity index (χ0v) is 7.81. The molecule has 1 unspecified atom stereocenters. The molecule has 0 radical (unpaired) electrons. The van der Waals surface area contributed by atoms with Gasteiger partial charge in [-0.15, -0.1) is 0 Å². The van der Waals surface area contributed by atoms with E-state index < -0.39 is 6.10 Å². The van der Waals surface area contributed by atoms with E-state index in [4.69, 9.17) is 10.2 Å². The third-order valence-corrected chi connectivity index (χ3v) is 2.26. The van der Waals surface area contributed by atoms with Crippen molar-refractivity contribution in [1.82, 2.24) is 0 Å². The van der Waals surface area contributed by atoms with Gasteiger partial charge in [0, 0.05) is 11.9 Å². The van der Waals surface area contributed by atoms with E-state index in [1.165, 1.54) is 0 Å². The highest BCUT2D eigenvalue weighted by atomic mass is 16.3. The number of nitrogens with two attached hydrogens (primary N) is 1. The first-order chi connectivity index (χ1) is 6.79. The first-order valence-corrected chi connectivity index (χ1v) is 4.64. The molecule has 1 aromatic carbocycles. The Morgan fingerprint density at radius 2 is 2.21 bits per heavy atom. The lowest BCUT2D eigenvalue weighted by Gasteiger charge is -2.06. The van der Waals surface area contributed by atoms with Crippen molar-refractivity contribution in [1.29, 1.82) is 0 Å². The maximum absolute atomic E-state index is 9.39. The van der Waals surface area contributed by atoms with Crippen LogP contribution in [0, 0.1) is 0 Å². The van der Waals surface area contributed by atoms with Crippen LogP contribution < -0.4 is 5.73 Å². The van der Waals surface area contributed by atoms with Gasteiger partial charge in [0.1, 0.15) is 5.58 Å². The minimum absolute atomic E-state index is 0.295. The molecule has 3 N–H and O–H groups in total. The van der Waals surface area contributed by atoms with E-state index >= 15 is 0 Å². The second-order valence-corrected chi connectivity index (χ2v) is 3.39. The molecular formula is C11H13NO2. The fourth-order valence-corrected chi connectivity index (χ4v) is 1.50. The van der Waals surface area contributed by atoms with Crippen molar-refractivity contribution in [3.05, 3.63) is 36.1 Å². The van der Waals surface area contributed by atoms with Crippen LogP contribution in [-0.2, 0) is 6.42 Å². The second-order valence-electron chi connectivity index (χ2n) is 3.39. The summed E-state index contributed by atoms with van der Waals surface area (Å²) >= 11 is 0. The second kappa shape index (κ2) is 3.82. The predicted octanol–water partition coefficient (Wildman–Crippen LogP) is 1.29. The minimum Gasteiger partial charge on any atom is -0.464 e. The molecule has 2 rings (SSSR count). The monoisotopic (exact) mass is 191 g/mol. The number of hydrogen-bond donors (Lipinski definition) is 2. The van der Waals surface area contributed by atoms with Crippen LogP contribution >= 0.6 is 0 Å². The van der Waals surface area contributed by atoms with E-state index in [1.54, 1.807) is 6.26 Å². The van der Waals surface area contributed by atoms with Crippen LogP contribution in [-0.4, -0.2) is 17.8 Å². The molecule has 0 fully saturated rings. The van der Waals surface area contributed by atoms with Gasteiger partial charge in [-0.25, -0.2) is 0 Å². The van der Waals surface area contributed by atoms with Crippen molar-refractivity contribution in [3.63, 3.8) is 0 Å². The molecule has 14 heavy (non-hydrogen) atoms. The molecular weight excluding hydrogens is 178 g/mol. The largest absolute Gasteiger partial charge is 0.464 e. The van der Waals surface area contributed by atoms with E-state index in [-0.39, 0.29) is 0 Å². The van der Waals surface area contributed by atoms with E-state index in [1.807, 2.05) is 24.3 Å². The molecule has 74 valence electrons. The Kier molecular flexibility index (Phi) is 2.52. The molecule has 0 aliphatic heterocycles. The van der Waals surface area contributed by atoms with Crippen molar-refractivity contribution in [2.75, 3.05) is 6.54 Å². The Hall–Kier alpha value is -1.32. The molecule has 2 aromatic rings. The van der Waals surface area contributed by atoms with Gasteiger partial charge >= 0.3 is 0 Å². The number of furan rings is 1. The maximum atomic E-state index is 9.39. The zero-order chi connectivity index (χ0) is 9.97. The fourth-order valence-electron chi connectivity index (χ4n) is 1.50. The lowest BCUT2D eigenvalue weighted by molar-refractivity contribution is 0.183.